The predicted molar refractivity (Wildman–Crippen MR) is 132 cm³/mol. The molecule has 1 heterocycles. The Morgan fingerprint density at radius 1 is 0.844 bits per heavy atom. The second-order valence-electron chi connectivity index (χ2n) is 7.78. The highest BCUT2D eigenvalue weighted by Gasteiger charge is 2.44. The fraction of sp³-hybridized carbons (Fsp3) is 0.280. The van der Waals surface area contributed by atoms with Gasteiger partial charge in [0, 0.05) is 16.6 Å². The Morgan fingerprint density at radius 3 is 2.38 bits per heavy atom. The van der Waals surface area contributed by atoms with Crippen molar-refractivity contribution in [3.63, 3.8) is 0 Å². The number of rotatable bonds is 7. The van der Waals surface area contributed by atoms with E-state index in [-0.39, 0.29) is 6.10 Å². The molecule has 1 aliphatic heterocycles. The molecule has 168 valence electrons. The van der Waals surface area contributed by atoms with E-state index in [9.17, 15) is 0 Å². The van der Waals surface area contributed by atoms with Crippen molar-refractivity contribution in [2.24, 2.45) is 0 Å². The lowest BCUT2D eigenvalue weighted by Gasteiger charge is -2.44. The number of halogens is 4. The Balaban J connectivity index is 1.62. The number of hydrogen-bond donors (Lipinski definition) is 1. The average Bonchev–Trinajstić information content (AvgIpc) is 2.80. The van der Waals surface area contributed by atoms with E-state index in [0.29, 0.717) is 39.8 Å². The van der Waals surface area contributed by atoms with Gasteiger partial charge in [-0.2, -0.15) is 0 Å². The van der Waals surface area contributed by atoms with Gasteiger partial charge < -0.3 is 14.8 Å². The van der Waals surface area contributed by atoms with Crippen LogP contribution in [0.1, 0.15) is 23.1 Å². The lowest BCUT2D eigenvalue weighted by molar-refractivity contribution is -0.176. The summed E-state index contributed by atoms with van der Waals surface area (Å²) in [5, 5.41) is 5.82. The Labute approximate surface area is 208 Å². The molecule has 32 heavy (non-hydrogen) atoms. The molecule has 3 aromatic carbocycles. The predicted octanol–water partition coefficient (Wildman–Crippen LogP) is 7.29. The van der Waals surface area contributed by atoms with Crippen LogP contribution in [0.15, 0.2) is 66.7 Å². The van der Waals surface area contributed by atoms with Gasteiger partial charge in [-0.3, -0.25) is 0 Å². The van der Waals surface area contributed by atoms with Crippen LogP contribution >= 0.6 is 46.4 Å². The molecule has 2 atom stereocenters. The van der Waals surface area contributed by atoms with E-state index in [1.807, 2.05) is 60.7 Å². The zero-order valence-corrected chi connectivity index (χ0v) is 20.3. The Bertz CT molecular complexity index is 1060. The number of benzene rings is 3. The minimum Gasteiger partial charge on any atom is -0.369 e. The Morgan fingerprint density at radius 2 is 1.62 bits per heavy atom. The van der Waals surface area contributed by atoms with E-state index in [0.717, 1.165) is 29.7 Å². The zero-order chi connectivity index (χ0) is 22.6. The molecule has 1 saturated heterocycles. The second-order valence-corrected chi connectivity index (χ2v) is 9.44. The van der Waals surface area contributed by atoms with Crippen molar-refractivity contribution in [3.05, 3.63) is 104 Å². The lowest BCUT2D eigenvalue weighted by Crippen LogP contribution is -2.54. The average molecular weight is 511 g/mol. The molecule has 3 nitrogen and oxygen atoms in total. The third kappa shape index (κ3) is 5.43. The van der Waals surface area contributed by atoms with Gasteiger partial charge in [-0.05, 0) is 60.0 Å². The van der Waals surface area contributed by atoms with E-state index < -0.39 is 5.60 Å². The molecular weight excluding hydrogens is 488 g/mol. The molecule has 1 fully saturated rings. The van der Waals surface area contributed by atoms with Crippen molar-refractivity contribution >= 4 is 46.4 Å². The van der Waals surface area contributed by atoms with Crippen molar-refractivity contribution in [1.29, 1.82) is 0 Å². The summed E-state index contributed by atoms with van der Waals surface area (Å²) < 4.78 is 13.1. The van der Waals surface area contributed by atoms with E-state index in [2.05, 4.69) is 5.32 Å². The van der Waals surface area contributed by atoms with Gasteiger partial charge in [0.2, 0.25) is 0 Å². The van der Waals surface area contributed by atoms with Crippen molar-refractivity contribution < 1.29 is 9.47 Å². The first-order chi connectivity index (χ1) is 15.5. The van der Waals surface area contributed by atoms with Gasteiger partial charge in [0.15, 0.2) is 0 Å². The molecule has 1 unspecified atom stereocenters. The van der Waals surface area contributed by atoms with Crippen LogP contribution in [-0.4, -0.2) is 19.2 Å². The van der Waals surface area contributed by atoms with Gasteiger partial charge in [0.05, 0.1) is 23.3 Å². The topological polar surface area (TPSA) is 30.5 Å². The summed E-state index contributed by atoms with van der Waals surface area (Å²) in [5.74, 6) is 0. The molecular formula is C25H23Cl4NO2. The van der Waals surface area contributed by atoms with Crippen molar-refractivity contribution in [2.45, 2.75) is 31.3 Å². The molecule has 0 spiro atoms. The first kappa shape index (κ1) is 23.8. The smallest absolute Gasteiger partial charge is 0.122 e. The fourth-order valence-electron chi connectivity index (χ4n) is 3.99. The van der Waals surface area contributed by atoms with Crippen LogP contribution in [0.25, 0.3) is 0 Å². The zero-order valence-electron chi connectivity index (χ0n) is 17.3. The molecule has 3 aromatic rings. The maximum absolute atomic E-state index is 6.67. The van der Waals surface area contributed by atoms with Crippen molar-refractivity contribution in [2.75, 3.05) is 13.1 Å². The Hall–Kier alpha value is -1.30. The van der Waals surface area contributed by atoms with Crippen LogP contribution in [0, 0.1) is 0 Å². The molecule has 0 saturated carbocycles. The van der Waals surface area contributed by atoms with Gasteiger partial charge in [0.25, 0.3) is 0 Å². The van der Waals surface area contributed by atoms with Crippen LogP contribution in [0.2, 0.25) is 20.1 Å². The third-order valence-electron chi connectivity index (χ3n) is 5.73. The summed E-state index contributed by atoms with van der Waals surface area (Å²) >= 11 is 24.8. The monoisotopic (exact) mass is 509 g/mol. The summed E-state index contributed by atoms with van der Waals surface area (Å²) in [4.78, 5) is 0. The quantitative estimate of drug-likeness (QED) is 0.362. The summed E-state index contributed by atoms with van der Waals surface area (Å²) in [7, 11) is 0. The van der Waals surface area contributed by atoms with E-state index >= 15 is 0 Å². The van der Waals surface area contributed by atoms with Gasteiger partial charge in [-0.25, -0.2) is 0 Å². The SMILES string of the molecule is Clc1ccc([C@@]2(OCc3ccccc3Cl)CCNCC2OCc2ccc(Cl)c(Cl)c2)cc1. The summed E-state index contributed by atoms with van der Waals surface area (Å²) in [5.41, 5.74) is 2.24. The van der Waals surface area contributed by atoms with Gasteiger partial charge in [0.1, 0.15) is 11.7 Å². The lowest BCUT2D eigenvalue weighted by atomic mass is 9.82. The van der Waals surface area contributed by atoms with E-state index in [4.69, 9.17) is 55.9 Å². The summed E-state index contributed by atoms with van der Waals surface area (Å²) in [6.07, 6.45) is 0.500. The Kier molecular flexibility index (Phi) is 8.01. The third-order valence-corrected chi connectivity index (χ3v) is 7.09. The molecule has 0 amide bonds. The number of piperidine rings is 1. The number of hydrogen-bond acceptors (Lipinski definition) is 3. The van der Waals surface area contributed by atoms with Crippen LogP contribution in [-0.2, 0) is 28.3 Å². The maximum Gasteiger partial charge on any atom is 0.122 e. The molecule has 4 rings (SSSR count). The van der Waals surface area contributed by atoms with Crippen molar-refractivity contribution in [3.8, 4) is 0 Å². The van der Waals surface area contributed by atoms with Crippen LogP contribution in [0.4, 0.5) is 0 Å². The summed E-state index contributed by atoms with van der Waals surface area (Å²) in [6, 6.07) is 21.0. The van der Waals surface area contributed by atoms with Gasteiger partial charge in [-0.1, -0.05) is 82.8 Å². The van der Waals surface area contributed by atoms with Crippen LogP contribution in [0.3, 0.4) is 0 Å². The highest BCUT2D eigenvalue weighted by molar-refractivity contribution is 6.42. The molecule has 7 heteroatoms. The van der Waals surface area contributed by atoms with Crippen LogP contribution < -0.4 is 5.32 Å². The number of nitrogens with one attached hydrogen (secondary N) is 1. The molecule has 0 radical (unpaired) electrons. The molecule has 0 bridgehead atoms. The van der Waals surface area contributed by atoms with Gasteiger partial charge >= 0.3 is 0 Å². The highest BCUT2D eigenvalue weighted by atomic mass is 35.5. The fourth-order valence-corrected chi connectivity index (χ4v) is 4.62. The largest absolute Gasteiger partial charge is 0.369 e. The first-order valence-electron chi connectivity index (χ1n) is 10.4. The molecule has 1 aliphatic rings. The van der Waals surface area contributed by atoms with E-state index in [1.165, 1.54) is 0 Å². The molecule has 0 aromatic heterocycles. The second kappa shape index (κ2) is 10.8. The standard InChI is InChI=1S/C25H23Cl4NO2/c26-20-8-6-19(7-9-20)25(32-16-18-3-1-2-4-21(18)27)11-12-30-14-24(25)31-15-17-5-10-22(28)23(29)13-17/h1-10,13,24,30H,11-12,14-16H2/t24?,25-/m0/s1. The minimum atomic E-state index is -0.661. The first-order valence-corrected chi connectivity index (χ1v) is 11.9. The van der Waals surface area contributed by atoms with E-state index in [1.54, 1.807) is 6.07 Å². The van der Waals surface area contributed by atoms with Gasteiger partial charge in [-0.15, -0.1) is 0 Å². The normalized spacial score (nSPS) is 20.9. The highest BCUT2D eigenvalue weighted by Crippen LogP contribution is 2.39. The minimum absolute atomic E-state index is 0.241. The summed E-state index contributed by atoms with van der Waals surface area (Å²) in [6.45, 7) is 2.20. The van der Waals surface area contributed by atoms with Crippen molar-refractivity contribution in [1.82, 2.24) is 5.32 Å². The number of ether oxygens (including phenoxy) is 2. The molecule has 0 aliphatic carbocycles. The molecule has 1 N–H and O–H groups in total. The van der Waals surface area contributed by atoms with Crippen LogP contribution in [0.5, 0.6) is 0 Å². The maximum atomic E-state index is 6.67.